The Morgan fingerprint density at radius 1 is 1.00 bits per heavy atom. The van der Waals surface area contributed by atoms with Gasteiger partial charge in [-0.15, -0.1) is 0 Å². The Kier molecular flexibility index (Phi) is 6.55. The predicted molar refractivity (Wildman–Crippen MR) is 92.4 cm³/mol. The lowest BCUT2D eigenvalue weighted by atomic mass is 9.74. The molecule has 2 N–H and O–H groups in total. The van der Waals surface area contributed by atoms with E-state index in [9.17, 15) is 24.3 Å². The molecule has 1 aliphatic carbocycles. The van der Waals surface area contributed by atoms with E-state index in [1.54, 1.807) is 0 Å². The first-order chi connectivity index (χ1) is 12.8. The molecular weight excluding hydrogens is 356 g/mol. The Labute approximate surface area is 156 Å². The van der Waals surface area contributed by atoms with Crippen molar-refractivity contribution < 1.29 is 38.9 Å². The van der Waals surface area contributed by atoms with Gasteiger partial charge >= 0.3 is 23.9 Å². The standard InChI is InChI=1S/C19H22O8/c1-12(27-18(25)19(17(23)24)9-3-2-4-10-19)11-26-16(22)14-7-5-13(6-8-14)15(20)21/h5-8,12H,2-4,9-11H2,1H3,(H,20,21)(H,23,24). The Hall–Kier alpha value is -2.90. The molecule has 8 nitrogen and oxygen atoms in total. The van der Waals surface area contributed by atoms with Crippen LogP contribution in [-0.2, 0) is 19.1 Å². The number of aromatic carboxylic acids is 1. The van der Waals surface area contributed by atoms with E-state index in [0.717, 1.165) is 6.42 Å². The smallest absolute Gasteiger partial charge is 0.338 e. The molecular formula is C19H22O8. The van der Waals surface area contributed by atoms with Gasteiger partial charge in [-0.25, -0.2) is 9.59 Å². The highest BCUT2D eigenvalue weighted by atomic mass is 16.6. The summed E-state index contributed by atoms with van der Waals surface area (Å²) in [5, 5.41) is 18.3. The minimum absolute atomic E-state index is 0.0419. The highest BCUT2D eigenvalue weighted by Gasteiger charge is 2.48. The van der Waals surface area contributed by atoms with Crippen LogP contribution in [0.25, 0.3) is 0 Å². The number of ether oxygens (including phenoxy) is 2. The molecule has 0 radical (unpaired) electrons. The van der Waals surface area contributed by atoms with E-state index in [-0.39, 0.29) is 30.6 Å². The van der Waals surface area contributed by atoms with Crippen molar-refractivity contribution in [2.45, 2.75) is 45.1 Å². The summed E-state index contributed by atoms with van der Waals surface area (Å²) in [7, 11) is 0. The fraction of sp³-hybridized carbons (Fsp3) is 0.474. The van der Waals surface area contributed by atoms with E-state index in [4.69, 9.17) is 14.6 Å². The summed E-state index contributed by atoms with van der Waals surface area (Å²) < 4.78 is 10.3. The zero-order valence-corrected chi connectivity index (χ0v) is 15.0. The van der Waals surface area contributed by atoms with Crippen LogP contribution >= 0.6 is 0 Å². The quantitative estimate of drug-likeness (QED) is 0.547. The molecule has 2 rings (SSSR count). The molecule has 8 heteroatoms. The van der Waals surface area contributed by atoms with Crippen LogP contribution in [0.1, 0.15) is 59.7 Å². The highest BCUT2D eigenvalue weighted by Crippen LogP contribution is 2.38. The number of carboxylic acids is 2. The first-order valence-electron chi connectivity index (χ1n) is 8.71. The molecule has 1 atom stereocenters. The van der Waals surface area contributed by atoms with E-state index in [1.807, 2.05) is 0 Å². The molecule has 0 amide bonds. The second-order valence-corrected chi connectivity index (χ2v) is 6.64. The Bertz CT molecular complexity index is 716. The van der Waals surface area contributed by atoms with E-state index in [2.05, 4.69) is 0 Å². The molecule has 0 aromatic heterocycles. The van der Waals surface area contributed by atoms with Gasteiger partial charge in [-0.1, -0.05) is 19.3 Å². The van der Waals surface area contributed by atoms with Gasteiger partial charge in [0.15, 0.2) is 5.41 Å². The number of rotatable bonds is 7. The molecule has 0 saturated heterocycles. The van der Waals surface area contributed by atoms with Gasteiger partial charge in [0.1, 0.15) is 12.7 Å². The molecule has 1 saturated carbocycles. The molecule has 0 heterocycles. The van der Waals surface area contributed by atoms with Gasteiger partial charge in [0.2, 0.25) is 0 Å². The lowest BCUT2D eigenvalue weighted by molar-refractivity contribution is -0.176. The third kappa shape index (κ3) is 4.84. The third-order valence-corrected chi connectivity index (χ3v) is 4.63. The number of hydrogen-bond acceptors (Lipinski definition) is 6. The van der Waals surface area contributed by atoms with E-state index < -0.39 is 35.4 Å². The highest BCUT2D eigenvalue weighted by molar-refractivity contribution is 5.99. The van der Waals surface area contributed by atoms with Crippen LogP contribution in [0.4, 0.5) is 0 Å². The Morgan fingerprint density at radius 3 is 2.07 bits per heavy atom. The number of carbonyl (C=O) groups excluding carboxylic acids is 2. The van der Waals surface area contributed by atoms with Crippen molar-refractivity contribution in [2.24, 2.45) is 5.41 Å². The van der Waals surface area contributed by atoms with E-state index in [1.165, 1.54) is 31.2 Å². The van der Waals surface area contributed by atoms with Crippen LogP contribution in [0.2, 0.25) is 0 Å². The van der Waals surface area contributed by atoms with Crippen molar-refractivity contribution >= 4 is 23.9 Å². The third-order valence-electron chi connectivity index (χ3n) is 4.63. The SMILES string of the molecule is CC(COC(=O)c1ccc(C(=O)O)cc1)OC(=O)C1(C(=O)O)CCCCC1. The van der Waals surface area contributed by atoms with Crippen molar-refractivity contribution in [3.8, 4) is 0 Å². The number of esters is 2. The molecule has 146 valence electrons. The van der Waals surface area contributed by atoms with E-state index >= 15 is 0 Å². The second kappa shape index (κ2) is 8.66. The average molecular weight is 378 g/mol. The summed E-state index contributed by atoms with van der Waals surface area (Å²) in [6.07, 6.45) is 1.86. The van der Waals surface area contributed by atoms with Crippen molar-refractivity contribution in [1.29, 1.82) is 0 Å². The van der Waals surface area contributed by atoms with Crippen LogP contribution in [-0.4, -0.2) is 46.8 Å². The summed E-state index contributed by atoms with van der Waals surface area (Å²) in [6, 6.07) is 5.21. The predicted octanol–water partition coefficient (Wildman–Crippen LogP) is 2.51. The minimum atomic E-state index is -1.52. The van der Waals surface area contributed by atoms with Crippen LogP contribution in [0.15, 0.2) is 24.3 Å². The minimum Gasteiger partial charge on any atom is -0.480 e. The van der Waals surface area contributed by atoms with Crippen LogP contribution in [0.5, 0.6) is 0 Å². The fourth-order valence-electron chi connectivity index (χ4n) is 3.02. The molecule has 1 aliphatic rings. The average Bonchev–Trinajstić information content (AvgIpc) is 2.66. The number of benzene rings is 1. The monoisotopic (exact) mass is 378 g/mol. The Morgan fingerprint density at radius 2 is 1.56 bits per heavy atom. The number of aliphatic carboxylic acids is 1. The second-order valence-electron chi connectivity index (χ2n) is 6.64. The molecule has 0 aliphatic heterocycles. The van der Waals surface area contributed by atoms with Crippen molar-refractivity contribution in [3.63, 3.8) is 0 Å². The first kappa shape index (κ1) is 20.4. The van der Waals surface area contributed by atoms with Gasteiger partial charge in [0.25, 0.3) is 0 Å². The molecule has 1 unspecified atom stereocenters. The van der Waals surface area contributed by atoms with Crippen LogP contribution in [0.3, 0.4) is 0 Å². The summed E-state index contributed by atoms with van der Waals surface area (Å²) in [4.78, 5) is 46.8. The fourth-order valence-corrected chi connectivity index (χ4v) is 3.02. The van der Waals surface area contributed by atoms with Gasteiger partial charge in [-0.05, 0) is 44.0 Å². The maximum absolute atomic E-state index is 12.4. The zero-order valence-electron chi connectivity index (χ0n) is 15.0. The van der Waals surface area contributed by atoms with Crippen molar-refractivity contribution in [2.75, 3.05) is 6.61 Å². The summed E-state index contributed by atoms with van der Waals surface area (Å²) in [6.45, 7) is 1.28. The van der Waals surface area contributed by atoms with Gasteiger partial charge in [-0.3, -0.25) is 9.59 Å². The van der Waals surface area contributed by atoms with Gasteiger partial charge in [0.05, 0.1) is 11.1 Å². The molecule has 0 bridgehead atoms. The number of carbonyl (C=O) groups is 4. The number of carboxylic acid groups (broad SMARTS) is 2. The maximum Gasteiger partial charge on any atom is 0.338 e. The number of hydrogen-bond donors (Lipinski definition) is 2. The largest absolute Gasteiger partial charge is 0.480 e. The summed E-state index contributed by atoms with van der Waals surface area (Å²) in [5.74, 6) is -3.79. The van der Waals surface area contributed by atoms with Gasteiger partial charge in [0, 0.05) is 0 Å². The normalized spacial score (nSPS) is 16.8. The zero-order chi connectivity index (χ0) is 20.0. The molecule has 27 heavy (non-hydrogen) atoms. The maximum atomic E-state index is 12.4. The van der Waals surface area contributed by atoms with Gasteiger partial charge in [-0.2, -0.15) is 0 Å². The molecule has 1 fully saturated rings. The van der Waals surface area contributed by atoms with Crippen LogP contribution < -0.4 is 0 Å². The lowest BCUT2D eigenvalue weighted by Gasteiger charge is -2.31. The molecule has 1 aromatic carbocycles. The van der Waals surface area contributed by atoms with Crippen LogP contribution in [0, 0.1) is 5.41 Å². The van der Waals surface area contributed by atoms with E-state index in [0.29, 0.717) is 12.8 Å². The van der Waals surface area contributed by atoms with Crippen molar-refractivity contribution in [1.82, 2.24) is 0 Å². The summed E-state index contributed by atoms with van der Waals surface area (Å²) >= 11 is 0. The molecule has 1 aromatic rings. The molecule has 0 spiro atoms. The first-order valence-corrected chi connectivity index (χ1v) is 8.71. The van der Waals surface area contributed by atoms with Gasteiger partial charge < -0.3 is 19.7 Å². The lowest BCUT2D eigenvalue weighted by Crippen LogP contribution is -2.44. The Balaban J connectivity index is 1.90. The van der Waals surface area contributed by atoms with Crippen molar-refractivity contribution in [3.05, 3.63) is 35.4 Å². The topological polar surface area (TPSA) is 127 Å². The summed E-state index contributed by atoms with van der Waals surface area (Å²) in [5.41, 5.74) is -1.32.